The Kier molecular flexibility index (Phi) is 3.08. The molecule has 0 saturated heterocycles. The first-order valence-corrected chi connectivity index (χ1v) is 7.60. The molecule has 0 aliphatic heterocycles. The van der Waals surface area contributed by atoms with E-state index >= 15 is 0 Å². The van der Waals surface area contributed by atoms with Crippen molar-refractivity contribution in [3.05, 3.63) is 62.9 Å². The summed E-state index contributed by atoms with van der Waals surface area (Å²) in [5.41, 5.74) is 0.776. The quantitative estimate of drug-likeness (QED) is 0.621. The molecule has 0 spiro atoms. The molecule has 2 aromatic carbocycles. The van der Waals surface area contributed by atoms with Crippen LogP contribution in [0.2, 0.25) is 10.0 Å². The second-order valence-corrected chi connectivity index (χ2v) is 6.76. The van der Waals surface area contributed by atoms with Gasteiger partial charge in [0.1, 0.15) is 0 Å². The molecule has 0 atom stereocenters. The summed E-state index contributed by atoms with van der Waals surface area (Å²) in [5.74, 6) is 0. The number of halogens is 2. The van der Waals surface area contributed by atoms with Crippen LogP contribution in [0, 0.1) is 0 Å². The van der Waals surface area contributed by atoms with E-state index in [2.05, 4.69) is 0 Å². The molecule has 2 nitrogen and oxygen atoms in total. The van der Waals surface area contributed by atoms with Crippen LogP contribution < -0.4 is 5.56 Å². The molecule has 18 heavy (non-hydrogen) atoms. The molecule has 0 radical (unpaired) electrons. The van der Waals surface area contributed by atoms with Gasteiger partial charge < -0.3 is 0 Å². The number of nitrogens with zero attached hydrogens (tertiary/aromatic N) is 1. The van der Waals surface area contributed by atoms with E-state index in [1.807, 2.05) is 24.3 Å². The predicted molar refractivity (Wildman–Crippen MR) is 76.5 cm³/mol. The third-order valence-electron chi connectivity index (χ3n) is 2.57. The van der Waals surface area contributed by atoms with Crippen molar-refractivity contribution < 1.29 is 0 Å². The van der Waals surface area contributed by atoms with Crippen molar-refractivity contribution >= 4 is 47.6 Å². The molecule has 0 unspecified atom stereocenters. The zero-order chi connectivity index (χ0) is 12.7. The Labute approximate surface area is 119 Å². The number of rotatable bonds is 1. The Morgan fingerprint density at radius 3 is 2.33 bits per heavy atom. The molecule has 0 aliphatic rings. The van der Waals surface area contributed by atoms with E-state index in [1.54, 1.807) is 21.8 Å². The third kappa shape index (κ3) is 2.04. The summed E-state index contributed by atoms with van der Waals surface area (Å²) in [6.07, 6.45) is 0. The van der Waals surface area contributed by atoms with E-state index in [0.29, 0.717) is 10.0 Å². The fourth-order valence-electron chi connectivity index (χ4n) is 1.80. The van der Waals surface area contributed by atoms with Gasteiger partial charge in [-0.2, -0.15) is 0 Å². The van der Waals surface area contributed by atoms with Crippen LogP contribution in [0.1, 0.15) is 0 Å². The zero-order valence-corrected chi connectivity index (χ0v) is 12.3. The Balaban J connectivity index is 2.31. The van der Waals surface area contributed by atoms with Gasteiger partial charge in [0.25, 0.3) is 0 Å². The van der Waals surface area contributed by atoms with Crippen LogP contribution in [0.25, 0.3) is 15.3 Å². The van der Waals surface area contributed by atoms with Gasteiger partial charge in [0.15, 0.2) is 0 Å². The van der Waals surface area contributed by atoms with Crippen molar-refractivity contribution in [1.29, 1.82) is 0 Å². The fraction of sp³-hybridized carbons (Fsp3) is 0. The van der Waals surface area contributed by atoms with Gasteiger partial charge in [0.05, 0.1) is 0 Å². The molecule has 0 fully saturated rings. The van der Waals surface area contributed by atoms with Gasteiger partial charge in [-0.1, -0.05) is 0 Å². The summed E-state index contributed by atoms with van der Waals surface area (Å²) in [7, 11) is 0. The summed E-state index contributed by atoms with van der Waals surface area (Å²) in [5, 5.41) is 1.85. The van der Waals surface area contributed by atoms with Gasteiger partial charge in [0.2, 0.25) is 0 Å². The standard InChI is InChI=1S/C13H7Cl2NOSe/c14-8-5-9(15)7-10(6-8)16-13(17)11-3-1-2-4-12(11)18-16/h1-7H. The molecule has 3 rings (SSSR count). The van der Waals surface area contributed by atoms with Gasteiger partial charge in [0, 0.05) is 0 Å². The molecule has 5 heteroatoms. The van der Waals surface area contributed by atoms with Crippen LogP contribution in [0.5, 0.6) is 0 Å². The Morgan fingerprint density at radius 2 is 1.67 bits per heavy atom. The van der Waals surface area contributed by atoms with E-state index in [0.717, 1.165) is 15.3 Å². The van der Waals surface area contributed by atoms with Crippen molar-refractivity contribution in [1.82, 2.24) is 3.56 Å². The van der Waals surface area contributed by atoms with Gasteiger partial charge in [-0.3, -0.25) is 0 Å². The third-order valence-corrected chi connectivity index (χ3v) is 5.34. The van der Waals surface area contributed by atoms with Crippen LogP contribution in [0.15, 0.2) is 47.3 Å². The normalized spacial score (nSPS) is 11.0. The molecule has 90 valence electrons. The van der Waals surface area contributed by atoms with Crippen LogP contribution in [-0.2, 0) is 0 Å². The monoisotopic (exact) mass is 343 g/mol. The first-order chi connectivity index (χ1) is 8.65. The number of benzene rings is 2. The van der Waals surface area contributed by atoms with Crippen molar-refractivity contribution in [3.8, 4) is 5.69 Å². The van der Waals surface area contributed by atoms with Crippen LogP contribution in [0.4, 0.5) is 0 Å². The predicted octanol–water partition coefficient (Wildman–Crippen LogP) is 3.35. The average Bonchev–Trinajstić information content (AvgIpc) is 2.66. The molecular formula is C13H7Cl2NOSe. The topological polar surface area (TPSA) is 22.0 Å². The van der Waals surface area contributed by atoms with E-state index in [9.17, 15) is 4.79 Å². The second-order valence-electron chi connectivity index (χ2n) is 3.81. The Morgan fingerprint density at radius 1 is 1.00 bits per heavy atom. The summed E-state index contributed by atoms with van der Waals surface area (Å²) < 4.78 is 2.83. The Bertz CT molecular complexity index is 771. The number of fused-ring (bicyclic) bond motifs is 1. The van der Waals surface area contributed by atoms with E-state index in [1.165, 1.54) is 0 Å². The van der Waals surface area contributed by atoms with E-state index < -0.39 is 0 Å². The number of hydrogen-bond donors (Lipinski definition) is 0. The van der Waals surface area contributed by atoms with Gasteiger partial charge >= 0.3 is 120 Å². The SMILES string of the molecule is O=c1c2ccccc2[se]n1-c1cc(Cl)cc(Cl)c1. The van der Waals surface area contributed by atoms with Crippen LogP contribution in [-0.4, -0.2) is 18.3 Å². The van der Waals surface area contributed by atoms with Gasteiger partial charge in [-0.05, 0) is 0 Å². The molecule has 1 aromatic heterocycles. The summed E-state index contributed by atoms with van der Waals surface area (Å²) >= 11 is 11.9. The van der Waals surface area contributed by atoms with Crippen molar-refractivity contribution in [2.24, 2.45) is 0 Å². The van der Waals surface area contributed by atoms with E-state index in [4.69, 9.17) is 23.2 Å². The molecule has 1 heterocycles. The van der Waals surface area contributed by atoms with Crippen molar-refractivity contribution in [2.45, 2.75) is 0 Å². The maximum absolute atomic E-state index is 12.3. The molecule has 0 N–H and O–H groups in total. The van der Waals surface area contributed by atoms with Crippen molar-refractivity contribution in [3.63, 3.8) is 0 Å². The Hall–Kier alpha value is -0.991. The van der Waals surface area contributed by atoms with Crippen LogP contribution in [0.3, 0.4) is 0 Å². The minimum absolute atomic E-state index is 0.0175. The second kappa shape index (κ2) is 4.60. The number of hydrogen-bond acceptors (Lipinski definition) is 1. The van der Waals surface area contributed by atoms with Crippen LogP contribution >= 0.6 is 23.2 Å². The fourth-order valence-corrected chi connectivity index (χ4v) is 4.37. The molecule has 0 aliphatic carbocycles. The van der Waals surface area contributed by atoms with E-state index in [-0.39, 0.29) is 20.3 Å². The first-order valence-electron chi connectivity index (χ1n) is 5.23. The molecular weight excluding hydrogens is 336 g/mol. The summed E-state index contributed by atoms with van der Waals surface area (Å²) in [6, 6.07) is 12.8. The maximum atomic E-state index is 12.3. The molecule has 3 aromatic rings. The zero-order valence-electron chi connectivity index (χ0n) is 9.06. The first kappa shape index (κ1) is 12.1. The minimum atomic E-state index is -0.0539. The summed E-state index contributed by atoms with van der Waals surface area (Å²) in [6.45, 7) is 0. The van der Waals surface area contributed by atoms with Gasteiger partial charge in [-0.15, -0.1) is 0 Å². The molecule has 0 bridgehead atoms. The molecule has 0 saturated carbocycles. The molecule has 0 amide bonds. The average molecular weight is 343 g/mol. The van der Waals surface area contributed by atoms with Crippen molar-refractivity contribution in [2.75, 3.05) is 0 Å². The number of aromatic nitrogens is 1. The van der Waals surface area contributed by atoms with Gasteiger partial charge in [-0.25, -0.2) is 0 Å². The summed E-state index contributed by atoms with van der Waals surface area (Å²) in [4.78, 5) is 12.3.